The molecule has 1 aromatic heterocycles. The summed E-state index contributed by atoms with van der Waals surface area (Å²) in [4.78, 5) is 16.6. The lowest BCUT2D eigenvalue weighted by molar-refractivity contribution is 0.0598. The van der Waals surface area contributed by atoms with Gasteiger partial charge in [-0.1, -0.05) is 68.8 Å². The highest BCUT2D eigenvalue weighted by Crippen LogP contribution is 2.37. The van der Waals surface area contributed by atoms with Crippen molar-refractivity contribution in [2.75, 3.05) is 20.3 Å². The van der Waals surface area contributed by atoms with Crippen LogP contribution in [0.5, 0.6) is 28.7 Å². The van der Waals surface area contributed by atoms with Crippen LogP contribution in [0.4, 0.5) is 0 Å². The van der Waals surface area contributed by atoms with Gasteiger partial charge < -0.3 is 28.1 Å². The molecule has 8 nitrogen and oxygen atoms in total. The summed E-state index contributed by atoms with van der Waals surface area (Å²) in [5, 5.41) is 0. The second-order valence-electron chi connectivity index (χ2n) is 10.6. The third-order valence-corrected chi connectivity index (χ3v) is 7.40. The molecule has 0 saturated carbocycles. The molecular weight excluding hydrogens is 582 g/mol. The Morgan fingerprint density at radius 1 is 0.783 bits per heavy atom. The topological polar surface area (TPSA) is 89.3 Å². The van der Waals surface area contributed by atoms with Gasteiger partial charge in [-0.2, -0.15) is 0 Å². The summed E-state index contributed by atoms with van der Waals surface area (Å²) in [5.74, 6) is 2.83. The molecule has 0 atom stereocenters. The molecule has 8 heteroatoms. The molecule has 46 heavy (non-hydrogen) atoms. The molecule has 4 aromatic carbocycles. The molecule has 0 bridgehead atoms. The van der Waals surface area contributed by atoms with E-state index in [0.717, 1.165) is 53.0 Å². The molecule has 0 unspecified atom stereocenters. The quantitative estimate of drug-likeness (QED) is 0.0797. The molecule has 0 aliphatic heterocycles. The number of para-hydroxylation sites is 1. The zero-order valence-electron chi connectivity index (χ0n) is 26.5. The summed E-state index contributed by atoms with van der Waals surface area (Å²) in [7, 11) is 1.36. The molecular formula is C38H39NO7. The van der Waals surface area contributed by atoms with Gasteiger partial charge in [0.05, 0.1) is 20.3 Å². The Labute approximate surface area is 269 Å². The highest BCUT2D eigenvalue weighted by atomic mass is 16.5. The number of rotatable bonds is 16. The lowest BCUT2D eigenvalue weighted by Gasteiger charge is -2.18. The number of hydrogen-bond acceptors (Lipinski definition) is 8. The maximum Gasteiger partial charge on any atom is 0.341 e. The first-order chi connectivity index (χ1) is 22.6. The third kappa shape index (κ3) is 8.07. The Hall–Kier alpha value is -5.24. The first-order valence-corrected chi connectivity index (χ1v) is 15.6. The zero-order chi connectivity index (χ0) is 32.1. The molecule has 1 heterocycles. The standard InChI is InChI=1S/C38H39NO7/c1-4-13-29-33(18-11-19-34(29)46-35-17-10-9-16-30(35)38(40)41-3)43-20-12-21-44-36-23-37(45-24-27-14-7-6-8-15-27)31(22-28(36)5-2)32-25-42-26-39-32/h6-11,14-19,22-23,25-26H,4-5,12-13,20-21,24H2,1-3H3. The van der Waals surface area contributed by atoms with Crippen LogP contribution in [-0.2, 0) is 24.2 Å². The second-order valence-corrected chi connectivity index (χ2v) is 10.6. The van der Waals surface area contributed by atoms with Gasteiger partial charge in [0.25, 0.3) is 0 Å². The minimum absolute atomic E-state index is 0.366. The van der Waals surface area contributed by atoms with Gasteiger partial charge in [0.1, 0.15) is 52.9 Å². The number of nitrogens with zero attached hydrogens (tertiary/aromatic N) is 1. The average Bonchev–Trinajstić information content (AvgIpc) is 3.64. The van der Waals surface area contributed by atoms with Gasteiger partial charge in [-0.05, 0) is 54.3 Å². The number of ether oxygens (including phenoxy) is 5. The van der Waals surface area contributed by atoms with Crippen molar-refractivity contribution in [2.45, 2.75) is 46.1 Å². The van der Waals surface area contributed by atoms with E-state index in [4.69, 9.17) is 28.1 Å². The van der Waals surface area contributed by atoms with Crippen molar-refractivity contribution in [3.63, 3.8) is 0 Å². The van der Waals surface area contributed by atoms with Crippen LogP contribution in [0, 0.1) is 0 Å². The smallest absolute Gasteiger partial charge is 0.341 e. The van der Waals surface area contributed by atoms with Crippen LogP contribution in [0.15, 0.2) is 102 Å². The van der Waals surface area contributed by atoms with E-state index in [2.05, 4.69) is 24.9 Å². The van der Waals surface area contributed by atoms with Crippen molar-refractivity contribution in [2.24, 2.45) is 0 Å². The molecule has 0 saturated heterocycles. The minimum Gasteiger partial charge on any atom is -0.493 e. The summed E-state index contributed by atoms with van der Waals surface area (Å²) in [6, 6.07) is 26.8. The molecule has 5 aromatic rings. The third-order valence-electron chi connectivity index (χ3n) is 7.40. The van der Waals surface area contributed by atoms with Crippen molar-refractivity contribution in [3.05, 3.63) is 120 Å². The Bertz CT molecular complexity index is 1700. The fraction of sp³-hybridized carbons (Fsp3) is 0.263. The Morgan fingerprint density at radius 2 is 1.52 bits per heavy atom. The zero-order valence-corrected chi connectivity index (χ0v) is 26.5. The number of oxazole rings is 1. The number of aryl methyl sites for hydroxylation is 1. The fourth-order valence-corrected chi connectivity index (χ4v) is 5.07. The highest BCUT2D eigenvalue weighted by Gasteiger charge is 2.18. The molecule has 0 aliphatic carbocycles. The maximum absolute atomic E-state index is 12.3. The summed E-state index contributed by atoms with van der Waals surface area (Å²) in [5.41, 5.74) is 5.00. The SMILES string of the molecule is CCCc1c(OCCCOc2cc(OCc3ccccc3)c(-c3cocn3)cc2CC)cccc1Oc1ccccc1C(=O)OC. The molecule has 0 radical (unpaired) electrons. The molecule has 5 rings (SSSR count). The van der Waals surface area contributed by atoms with Crippen molar-refractivity contribution in [3.8, 4) is 40.0 Å². The van der Waals surface area contributed by atoms with Crippen LogP contribution in [0.3, 0.4) is 0 Å². The van der Waals surface area contributed by atoms with E-state index >= 15 is 0 Å². The van der Waals surface area contributed by atoms with Crippen molar-refractivity contribution in [1.82, 2.24) is 4.98 Å². The van der Waals surface area contributed by atoms with Crippen LogP contribution in [0.2, 0.25) is 0 Å². The molecule has 0 fully saturated rings. The summed E-state index contributed by atoms with van der Waals surface area (Å²) < 4.78 is 35.2. The number of carbonyl (C=O) groups is 1. The first kappa shape index (κ1) is 32.2. The normalized spacial score (nSPS) is 10.8. The fourth-order valence-electron chi connectivity index (χ4n) is 5.07. The van der Waals surface area contributed by atoms with E-state index < -0.39 is 5.97 Å². The largest absolute Gasteiger partial charge is 0.493 e. The predicted molar refractivity (Wildman–Crippen MR) is 176 cm³/mol. The lowest BCUT2D eigenvalue weighted by Crippen LogP contribution is -2.08. The minimum atomic E-state index is -0.450. The number of aromatic nitrogens is 1. The lowest BCUT2D eigenvalue weighted by atomic mass is 10.0. The molecule has 0 amide bonds. The van der Waals surface area contributed by atoms with E-state index in [-0.39, 0.29) is 0 Å². The van der Waals surface area contributed by atoms with Gasteiger partial charge in [-0.3, -0.25) is 0 Å². The molecule has 238 valence electrons. The number of hydrogen-bond donors (Lipinski definition) is 0. The van der Waals surface area contributed by atoms with Gasteiger partial charge >= 0.3 is 5.97 Å². The molecule has 0 N–H and O–H groups in total. The second kappa shape index (κ2) is 16.2. The Morgan fingerprint density at radius 3 is 2.26 bits per heavy atom. The van der Waals surface area contributed by atoms with E-state index in [9.17, 15) is 4.79 Å². The summed E-state index contributed by atoms with van der Waals surface area (Å²) >= 11 is 0. The number of esters is 1. The van der Waals surface area contributed by atoms with Crippen LogP contribution >= 0.6 is 0 Å². The van der Waals surface area contributed by atoms with E-state index in [0.29, 0.717) is 54.7 Å². The van der Waals surface area contributed by atoms with Gasteiger partial charge in [-0.25, -0.2) is 9.78 Å². The van der Waals surface area contributed by atoms with Gasteiger partial charge in [0.2, 0.25) is 0 Å². The summed E-state index contributed by atoms with van der Waals surface area (Å²) in [6.07, 6.45) is 6.13. The van der Waals surface area contributed by atoms with Crippen LogP contribution < -0.4 is 18.9 Å². The predicted octanol–water partition coefficient (Wildman–Crippen LogP) is 8.86. The van der Waals surface area contributed by atoms with Crippen LogP contribution in [0.25, 0.3) is 11.3 Å². The molecule has 0 spiro atoms. The maximum atomic E-state index is 12.3. The van der Waals surface area contributed by atoms with Gasteiger partial charge in [-0.15, -0.1) is 0 Å². The van der Waals surface area contributed by atoms with E-state index in [1.807, 2.05) is 60.7 Å². The van der Waals surface area contributed by atoms with E-state index in [1.165, 1.54) is 13.5 Å². The average molecular weight is 622 g/mol. The molecule has 0 aliphatic rings. The van der Waals surface area contributed by atoms with Crippen molar-refractivity contribution >= 4 is 5.97 Å². The highest BCUT2D eigenvalue weighted by molar-refractivity contribution is 5.92. The van der Waals surface area contributed by atoms with Gasteiger partial charge in [0, 0.05) is 23.6 Å². The first-order valence-electron chi connectivity index (χ1n) is 15.6. The van der Waals surface area contributed by atoms with Crippen molar-refractivity contribution < 1.29 is 32.9 Å². The number of benzene rings is 4. The Kier molecular flexibility index (Phi) is 11.3. The summed E-state index contributed by atoms with van der Waals surface area (Å²) in [6.45, 7) is 5.53. The Balaban J connectivity index is 1.25. The van der Waals surface area contributed by atoms with Crippen LogP contribution in [0.1, 0.15) is 53.7 Å². The number of carbonyl (C=O) groups excluding carboxylic acids is 1. The van der Waals surface area contributed by atoms with Gasteiger partial charge in [0.15, 0.2) is 6.39 Å². The monoisotopic (exact) mass is 621 g/mol. The number of methoxy groups -OCH3 is 1. The van der Waals surface area contributed by atoms with Crippen LogP contribution in [-0.4, -0.2) is 31.3 Å². The van der Waals surface area contributed by atoms with Crippen molar-refractivity contribution in [1.29, 1.82) is 0 Å². The van der Waals surface area contributed by atoms with E-state index in [1.54, 1.807) is 24.5 Å².